The number of halogens is 3. The van der Waals surface area contributed by atoms with Crippen LogP contribution in [0, 0.1) is 5.41 Å². The summed E-state index contributed by atoms with van der Waals surface area (Å²) in [6.45, 7) is 10.0. The molecule has 2 nitrogen and oxygen atoms in total. The van der Waals surface area contributed by atoms with Crippen molar-refractivity contribution >= 4 is 0 Å². The van der Waals surface area contributed by atoms with Crippen LogP contribution in [0.15, 0.2) is 11.6 Å². The van der Waals surface area contributed by atoms with Crippen LogP contribution in [-0.4, -0.2) is 43.8 Å². The summed E-state index contributed by atoms with van der Waals surface area (Å²) >= 11 is 0. The molecule has 19 heavy (non-hydrogen) atoms. The van der Waals surface area contributed by atoms with Gasteiger partial charge in [0.15, 0.2) is 0 Å². The first-order valence-electron chi connectivity index (χ1n) is 6.94. The fraction of sp³-hybridized carbons (Fsp3) is 0.857. The number of hydrogen-bond donors (Lipinski definition) is 1. The molecule has 1 aliphatic heterocycles. The average Bonchev–Trinajstić information content (AvgIpc) is 2.28. The first-order valence-corrected chi connectivity index (χ1v) is 6.94. The molecule has 1 heterocycles. The predicted molar refractivity (Wildman–Crippen MR) is 72.1 cm³/mol. The monoisotopic (exact) mass is 278 g/mol. The molecule has 1 aliphatic rings. The van der Waals surface area contributed by atoms with Crippen LogP contribution in [0.2, 0.25) is 0 Å². The van der Waals surface area contributed by atoms with Gasteiger partial charge in [-0.15, -0.1) is 0 Å². The van der Waals surface area contributed by atoms with Gasteiger partial charge in [0, 0.05) is 31.8 Å². The molecule has 0 saturated carbocycles. The lowest BCUT2D eigenvalue weighted by molar-refractivity contribution is -0.0962. The summed E-state index contributed by atoms with van der Waals surface area (Å²) in [6, 6.07) is 0. The van der Waals surface area contributed by atoms with E-state index in [4.69, 9.17) is 0 Å². The van der Waals surface area contributed by atoms with Gasteiger partial charge in [0.1, 0.15) is 0 Å². The van der Waals surface area contributed by atoms with Gasteiger partial charge in [-0.2, -0.15) is 13.2 Å². The van der Waals surface area contributed by atoms with Crippen molar-refractivity contribution in [1.29, 1.82) is 0 Å². The Kier molecular flexibility index (Phi) is 5.86. The zero-order chi connectivity index (χ0) is 14.5. The molecule has 112 valence electrons. The second-order valence-electron chi connectivity index (χ2n) is 6.05. The van der Waals surface area contributed by atoms with E-state index in [0.29, 0.717) is 13.1 Å². The molecule has 0 aliphatic carbocycles. The van der Waals surface area contributed by atoms with Crippen LogP contribution in [0.5, 0.6) is 0 Å². The second kappa shape index (κ2) is 6.75. The summed E-state index contributed by atoms with van der Waals surface area (Å²) in [5.41, 5.74) is -0.288. The largest absolute Gasteiger partial charge is 0.412 e. The van der Waals surface area contributed by atoms with E-state index >= 15 is 0 Å². The van der Waals surface area contributed by atoms with Crippen molar-refractivity contribution in [3.63, 3.8) is 0 Å². The summed E-state index contributed by atoms with van der Waals surface area (Å²) in [7, 11) is 0. The summed E-state index contributed by atoms with van der Waals surface area (Å²) < 4.78 is 37.5. The van der Waals surface area contributed by atoms with Gasteiger partial charge in [0.2, 0.25) is 0 Å². The molecule has 0 spiro atoms. The van der Waals surface area contributed by atoms with E-state index in [0.717, 1.165) is 26.1 Å². The quantitative estimate of drug-likeness (QED) is 0.593. The highest BCUT2D eigenvalue weighted by atomic mass is 19.4. The summed E-state index contributed by atoms with van der Waals surface area (Å²) in [5.74, 6) is 0. The molecule has 0 aromatic rings. The zero-order valence-electron chi connectivity index (χ0n) is 12.1. The lowest BCUT2D eigenvalue weighted by Gasteiger charge is -2.35. The van der Waals surface area contributed by atoms with Gasteiger partial charge in [-0.3, -0.25) is 4.90 Å². The zero-order valence-corrected chi connectivity index (χ0v) is 12.1. The molecule has 0 aromatic heterocycles. The lowest BCUT2D eigenvalue weighted by Crippen LogP contribution is -2.43. The Labute approximate surface area is 114 Å². The smallest absolute Gasteiger partial charge is 0.316 e. The van der Waals surface area contributed by atoms with E-state index in [1.807, 2.05) is 0 Å². The second-order valence-corrected chi connectivity index (χ2v) is 6.05. The third-order valence-electron chi connectivity index (χ3n) is 3.34. The third kappa shape index (κ3) is 5.95. The number of alkyl halides is 3. The lowest BCUT2D eigenvalue weighted by atomic mass is 9.91. The number of hydrogen-bond acceptors (Lipinski definition) is 2. The van der Waals surface area contributed by atoms with Gasteiger partial charge in [-0.25, -0.2) is 0 Å². The van der Waals surface area contributed by atoms with Crippen molar-refractivity contribution in [2.75, 3.05) is 32.7 Å². The number of nitrogens with zero attached hydrogens (tertiary/aromatic N) is 1. The van der Waals surface area contributed by atoms with Gasteiger partial charge in [-0.05, 0) is 24.8 Å². The van der Waals surface area contributed by atoms with Crippen LogP contribution in [0.1, 0.15) is 33.6 Å². The van der Waals surface area contributed by atoms with Crippen molar-refractivity contribution in [3.8, 4) is 0 Å². The molecule has 0 fully saturated rings. The minimum Gasteiger partial charge on any atom is -0.316 e. The van der Waals surface area contributed by atoms with Gasteiger partial charge >= 0.3 is 6.18 Å². The molecule has 1 rings (SSSR count). The van der Waals surface area contributed by atoms with Gasteiger partial charge in [0.05, 0.1) is 0 Å². The van der Waals surface area contributed by atoms with Gasteiger partial charge < -0.3 is 5.32 Å². The van der Waals surface area contributed by atoms with Gasteiger partial charge in [0.25, 0.3) is 0 Å². The van der Waals surface area contributed by atoms with E-state index in [-0.39, 0.29) is 17.4 Å². The Morgan fingerprint density at radius 1 is 1.32 bits per heavy atom. The molecule has 0 amide bonds. The van der Waals surface area contributed by atoms with Crippen molar-refractivity contribution in [1.82, 2.24) is 10.2 Å². The fourth-order valence-corrected chi connectivity index (χ4v) is 2.38. The Morgan fingerprint density at radius 3 is 2.47 bits per heavy atom. The van der Waals surface area contributed by atoms with E-state index in [2.05, 4.69) is 31.0 Å². The SMILES string of the molecule is CCCNCC(C)(C)CN1CC=C(C(F)(F)F)CC1. The highest BCUT2D eigenvalue weighted by Gasteiger charge is 2.35. The number of rotatable bonds is 6. The fourth-order valence-electron chi connectivity index (χ4n) is 2.38. The summed E-state index contributed by atoms with van der Waals surface area (Å²) in [6.07, 6.45) is -1.61. The van der Waals surface area contributed by atoms with Crippen molar-refractivity contribution in [2.24, 2.45) is 5.41 Å². The molecule has 0 unspecified atom stereocenters. The first-order chi connectivity index (χ1) is 8.74. The standard InChI is InChI=1S/C14H25F3N2/c1-4-7-18-10-13(2,3)11-19-8-5-12(6-9-19)14(15,16)17/h5,18H,4,6-11H2,1-3H3. The van der Waals surface area contributed by atoms with E-state index < -0.39 is 6.18 Å². The average molecular weight is 278 g/mol. The normalized spacial score (nSPS) is 18.5. The van der Waals surface area contributed by atoms with Crippen LogP contribution in [0.4, 0.5) is 13.2 Å². The van der Waals surface area contributed by atoms with Crippen LogP contribution >= 0.6 is 0 Å². The molecular formula is C14H25F3N2. The molecular weight excluding hydrogens is 253 g/mol. The predicted octanol–water partition coefficient (Wildman–Crippen LogP) is 3.21. The summed E-state index contributed by atoms with van der Waals surface area (Å²) in [4.78, 5) is 2.10. The highest BCUT2D eigenvalue weighted by molar-refractivity contribution is 5.13. The molecule has 5 heteroatoms. The topological polar surface area (TPSA) is 15.3 Å². The van der Waals surface area contributed by atoms with E-state index in [1.165, 1.54) is 6.08 Å². The molecule has 0 aromatic carbocycles. The molecule has 1 N–H and O–H groups in total. The van der Waals surface area contributed by atoms with E-state index in [9.17, 15) is 13.2 Å². The molecule has 0 saturated heterocycles. The first kappa shape index (κ1) is 16.5. The van der Waals surface area contributed by atoms with Crippen molar-refractivity contribution in [3.05, 3.63) is 11.6 Å². The van der Waals surface area contributed by atoms with Crippen LogP contribution in [0.3, 0.4) is 0 Å². The minimum absolute atomic E-state index is 0.0821. The van der Waals surface area contributed by atoms with Crippen LogP contribution < -0.4 is 5.32 Å². The van der Waals surface area contributed by atoms with Crippen LogP contribution in [0.25, 0.3) is 0 Å². The van der Waals surface area contributed by atoms with Crippen LogP contribution in [-0.2, 0) is 0 Å². The molecule has 0 radical (unpaired) electrons. The minimum atomic E-state index is -4.15. The molecule has 0 atom stereocenters. The Hall–Kier alpha value is -0.550. The van der Waals surface area contributed by atoms with Crippen molar-refractivity contribution < 1.29 is 13.2 Å². The molecule has 0 bridgehead atoms. The Balaban J connectivity index is 2.41. The van der Waals surface area contributed by atoms with E-state index in [1.54, 1.807) is 0 Å². The maximum absolute atomic E-state index is 12.5. The Morgan fingerprint density at radius 2 is 2.00 bits per heavy atom. The third-order valence-corrected chi connectivity index (χ3v) is 3.34. The highest BCUT2D eigenvalue weighted by Crippen LogP contribution is 2.30. The maximum atomic E-state index is 12.5. The summed E-state index contributed by atoms with van der Waals surface area (Å²) in [5, 5.41) is 3.38. The Bertz CT molecular complexity index is 308. The van der Waals surface area contributed by atoms with Crippen molar-refractivity contribution in [2.45, 2.75) is 39.8 Å². The number of nitrogens with one attached hydrogen (secondary N) is 1. The maximum Gasteiger partial charge on any atom is 0.412 e. The van der Waals surface area contributed by atoms with Gasteiger partial charge in [-0.1, -0.05) is 26.8 Å².